The van der Waals surface area contributed by atoms with Gasteiger partial charge in [0, 0.05) is 5.88 Å². The van der Waals surface area contributed by atoms with E-state index in [4.69, 9.17) is 27.2 Å². The fourth-order valence-corrected chi connectivity index (χ4v) is 0.473. The molecule has 0 aromatic rings. The molecule has 3 N–H and O–H groups in total. The Morgan fingerprint density at radius 1 is 1.82 bits per heavy atom. The molecule has 0 radical (unpaired) electrons. The van der Waals surface area contributed by atoms with Crippen molar-refractivity contribution in [3.8, 4) is 0 Å². The molecule has 1 unspecified atom stereocenters. The Hall–Kier alpha value is -0.320. The molecule has 0 bridgehead atoms. The van der Waals surface area contributed by atoms with Crippen molar-refractivity contribution in [2.45, 2.75) is 19.1 Å². The van der Waals surface area contributed by atoms with Gasteiger partial charge in [-0.15, -0.1) is 11.6 Å². The molecule has 0 spiro atoms. The van der Waals surface area contributed by atoms with Crippen LogP contribution in [0.1, 0.15) is 6.92 Å². The zero-order chi connectivity index (χ0) is 8.85. The maximum absolute atomic E-state index is 10.2. The fraction of sp³-hybridized carbons (Fsp3) is 0.833. The molecule has 66 valence electrons. The van der Waals surface area contributed by atoms with Crippen LogP contribution in [-0.2, 0) is 9.53 Å². The third-order valence-electron chi connectivity index (χ3n) is 1.09. The van der Waals surface area contributed by atoms with Crippen molar-refractivity contribution in [3.05, 3.63) is 0 Å². The number of ether oxygens (including phenoxy) is 1. The monoisotopic (exact) mass is 181 g/mol. The second-order valence-corrected chi connectivity index (χ2v) is 2.55. The Morgan fingerprint density at radius 2 is 2.36 bits per heavy atom. The molecule has 5 heteroatoms. The Balaban J connectivity index is 3.45. The highest BCUT2D eigenvalue weighted by Crippen LogP contribution is 1.94. The summed E-state index contributed by atoms with van der Waals surface area (Å²) < 4.78 is 4.98. The van der Waals surface area contributed by atoms with E-state index >= 15 is 0 Å². The number of carbonyl (C=O) groups is 1. The van der Waals surface area contributed by atoms with E-state index in [-0.39, 0.29) is 12.7 Å². The van der Waals surface area contributed by atoms with Gasteiger partial charge in [-0.2, -0.15) is 0 Å². The van der Waals surface area contributed by atoms with Crippen LogP contribution in [0.5, 0.6) is 0 Å². The number of hydrogen-bond acceptors (Lipinski definition) is 3. The smallest absolute Gasteiger partial charge is 0.322 e. The van der Waals surface area contributed by atoms with E-state index in [0.717, 1.165) is 0 Å². The van der Waals surface area contributed by atoms with Gasteiger partial charge in [0.2, 0.25) is 0 Å². The molecule has 0 saturated carbocycles. The Bertz CT molecular complexity index is 131. The number of rotatable bonds is 5. The zero-order valence-corrected chi connectivity index (χ0v) is 7.04. The lowest BCUT2D eigenvalue weighted by Gasteiger charge is -2.11. The molecular weight excluding hydrogens is 170 g/mol. The minimum Gasteiger partial charge on any atom is -0.480 e. The molecule has 0 aromatic heterocycles. The topological polar surface area (TPSA) is 72.5 Å². The Kier molecular flexibility index (Phi) is 5.19. The van der Waals surface area contributed by atoms with Crippen molar-refractivity contribution in [3.63, 3.8) is 0 Å². The first-order chi connectivity index (χ1) is 5.07. The van der Waals surface area contributed by atoms with Gasteiger partial charge in [-0.1, -0.05) is 0 Å². The van der Waals surface area contributed by atoms with Gasteiger partial charge in [-0.3, -0.25) is 4.79 Å². The van der Waals surface area contributed by atoms with Gasteiger partial charge in [-0.25, -0.2) is 0 Å². The highest BCUT2D eigenvalue weighted by atomic mass is 35.5. The van der Waals surface area contributed by atoms with Crippen LogP contribution in [0, 0.1) is 0 Å². The number of carboxylic acids is 1. The second kappa shape index (κ2) is 5.35. The summed E-state index contributed by atoms with van der Waals surface area (Å²) in [6.07, 6.45) is -0.151. The average molecular weight is 182 g/mol. The van der Waals surface area contributed by atoms with Crippen molar-refractivity contribution in [2.75, 3.05) is 12.5 Å². The molecule has 0 amide bonds. The average Bonchev–Trinajstić information content (AvgIpc) is 1.99. The number of hydrogen-bond donors (Lipinski definition) is 2. The van der Waals surface area contributed by atoms with Crippen LogP contribution in [0.25, 0.3) is 0 Å². The van der Waals surface area contributed by atoms with E-state index in [1.54, 1.807) is 6.92 Å². The van der Waals surface area contributed by atoms with Crippen LogP contribution in [0.15, 0.2) is 0 Å². The van der Waals surface area contributed by atoms with Crippen LogP contribution < -0.4 is 5.73 Å². The number of nitrogens with two attached hydrogens (primary N) is 1. The van der Waals surface area contributed by atoms with Gasteiger partial charge in [-0.05, 0) is 6.92 Å². The van der Waals surface area contributed by atoms with Gasteiger partial charge in [0.15, 0.2) is 0 Å². The summed E-state index contributed by atoms with van der Waals surface area (Å²) in [5, 5.41) is 8.33. The van der Waals surface area contributed by atoms with Gasteiger partial charge >= 0.3 is 5.97 Å². The zero-order valence-electron chi connectivity index (χ0n) is 6.29. The summed E-state index contributed by atoms with van der Waals surface area (Å²) in [5.41, 5.74) is 5.15. The van der Waals surface area contributed by atoms with Crippen LogP contribution in [0.3, 0.4) is 0 Å². The quantitative estimate of drug-likeness (QED) is 0.588. The van der Waals surface area contributed by atoms with Crippen molar-refractivity contribution < 1.29 is 14.6 Å². The predicted octanol–water partition coefficient (Wildman–Crippen LogP) is 0.0422. The maximum atomic E-state index is 10.2. The predicted molar refractivity (Wildman–Crippen MR) is 41.7 cm³/mol. The summed E-state index contributed by atoms with van der Waals surface area (Å²) in [6.45, 7) is 1.75. The van der Waals surface area contributed by atoms with Gasteiger partial charge in [0.05, 0.1) is 12.7 Å². The van der Waals surface area contributed by atoms with E-state index in [1.807, 2.05) is 0 Å². The normalized spacial score (nSPS) is 15.9. The lowest BCUT2D eigenvalue weighted by atomic mass is 10.3. The first-order valence-corrected chi connectivity index (χ1v) is 3.77. The second-order valence-electron chi connectivity index (χ2n) is 2.24. The van der Waals surface area contributed by atoms with Crippen LogP contribution in [-0.4, -0.2) is 35.7 Å². The first-order valence-electron chi connectivity index (χ1n) is 3.24. The van der Waals surface area contributed by atoms with Crippen molar-refractivity contribution in [1.82, 2.24) is 0 Å². The third kappa shape index (κ3) is 5.01. The van der Waals surface area contributed by atoms with Gasteiger partial charge < -0.3 is 15.6 Å². The van der Waals surface area contributed by atoms with Crippen molar-refractivity contribution >= 4 is 17.6 Å². The van der Waals surface area contributed by atoms with Crippen LogP contribution in [0.2, 0.25) is 0 Å². The molecule has 2 atom stereocenters. The molecular formula is C6H12ClNO3. The molecule has 0 aliphatic carbocycles. The summed E-state index contributed by atoms with van der Waals surface area (Å²) in [5.74, 6) is -0.724. The highest BCUT2D eigenvalue weighted by Gasteiger charge is 2.12. The van der Waals surface area contributed by atoms with E-state index < -0.39 is 12.0 Å². The highest BCUT2D eigenvalue weighted by molar-refractivity contribution is 6.18. The van der Waals surface area contributed by atoms with Crippen molar-refractivity contribution in [2.24, 2.45) is 5.73 Å². The molecule has 4 nitrogen and oxygen atoms in total. The summed E-state index contributed by atoms with van der Waals surface area (Å²) in [7, 11) is 0. The van der Waals surface area contributed by atoms with Crippen LogP contribution >= 0.6 is 11.6 Å². The van der Waals surface area contributed by atoms with E-state index in [0.29, 0.717) is 5.88 Å². The Labute approximate surface area is 70.3 Å². The molecule has 0 aliphatic rings. The summed E-state index contributed by atoms with van der Waals surface area (Å²) in [4.78, 5) is 10.2. The minimum atomic E-state index is -1.06. The largest absolute Gasteiger partial charge is 0.480 e. The number of carboxylic acid groups (broad SMARTS) is 1. The van der Waals surface area contributed by atoms with E-state index in [9.17, 15) is 4.79 Å². The van der Waals surface area contributed by atoms with Crippen LogP contribution in [0.4, 0.5) is 0 Å². The molecule has 0 aromatic carbocycles. The standard InChI is InChI=1S/C6H12ClNO3/c1-4(2-7)11-3-5(8)6(9)10/h4-5H,2-3,8H2,1H3,(H,9,10)/t4?,5-/m1/s1. The van der Waals surface area contributed by atoms with Gasteiger partial charge in [0.1, 0.15) is 6.04 Å². The molecule has 0 rings (SSSR count). The molecule has 11 heavy (non-hydrogen) atoms. The molecule has 0 heterocycles. The van der Waals surface area contributed by atoms with Gasteiger partial charge in [0.25, 0.3) is 0 Å². The summed E-state index contributed by atoms with van der Waals surface area (Å²) >= 11 is 5.40. The number of alkyl halides is 1. The lowest BCUT2D eigenvalue weighted by Crippen LogP contribution is -2.36. The molecule has 0 aliphatic heterocycles. The maximum Gasteiger partial charge on any atom is 0.322 e. The molecule has 0 saturated heterocycles. The fourth-order valence-electron chi connectivity index (χ4n) is 0.384. The number of aliphatic carboxylic acids is 1. The minimum absolute atomic E-state index is 0.00319. The van der Waals surface area contributed by atoms with E-state index in [2.05, 4.69) is 0 Å². The first kappa shape index (κ1) is 10.7. The SMILES string of the molecule is CC(CCl)OC[C@@H](N)C(=O)O. The van der Waals surface area contributed by atoms with E-state index in [1.165, 1.54) is 0 Å². The number of halogens is 1. The summed E-state index contributed by atoms with van der Waals surface area (Å²) in [6, 6.07) is -0.958. The lowest BCUT2D eigenvalue weighted by molar-refractivity contribution is -0.140. The van der Waals surface area contributed by atoms with Crippen molar-refractivity contribution in [1.29, 1.82) is 0 Å². The third-order valence-corrected chi connectivity index (χ3v) is 1.53. The molecule has 0 fully saturated rings. The Morgan fingerprint density at radius 3 is 2.73 bits per heavy atom.